The number of hydrogen-bond acceptors (Lipinski definition) is 1. The van der Waals surface area contributed by atoms with Crippen molar-refractivity contribution in [3.8, 4) is 5.75 Å². The molecule has 2 unspecified atom stereocenters. The van der Waals surface area contributed by atoms with Crippen LogP contribution in [0, 0.1) is 0 Å². The largest absolute Gasteiger partial charge is 0.482 e. The summed E-state index contributed by atoms with van der Waals surface area (Å²) in [6.45, 7) is 16.3. The number of fused-ring (bicyclic) bond motifs is 12. The van der Waals surface area contributed by atoms with Crippen LogP contribution in [0.15, 0.2) is 42.5 Å². The van der Waals surface area contributed by atoms with E-state index < -0.39 is 0 Å². The first kappa shape index (κ1) is 23.4. The molecule has 1 aliphatic heterocycles. The van der Waals surface area contributed by atoms with E-state index in [0.717, 1.165) is 17.6 Å². The maximum absolute atomic E-state index is 6.53. The van der Waals surface area contributed by atoms with Gasteiger partial charge in [0.15, 0.2) is 0 Å². The van der Waals surface area contributed by atoms with E-state index in [1.807, 2.05) is 41.5 Å². The number of hydrogen-bond donors (Lipinski definition) is 0. The van der Waals surface area contributed by atoms with E-state index in [0.29, 0.717) is 0 Å². The Labute approximate surface area is 189 Å². The summed E-state index contributed by atoms with van der Waals surface area (Å²) in [4.78, 5) is 0. The van der Waals surface area contributed by atoms with E-state index in [4.69, 9.17) is 4.74 Å². The van der Waals surface area contributed by atoms with Crippen LogP contribution in [0.3, 0.4) is 0 Å². The lowest BCUT2D eigenvalue weighted by molar-refractivity contribution is 0.161. The molecule has 0 aromatic heterocycles. The molecule has 1 heteroatoms. The minimum Gasteiger partial charge on any atom is -0.482 e. The van der Waals surface area contributed by atoms with Crippen molar-refractivity contribution in [3.63, 3.8) is 0 Å². The Morgan fingerprint density at radius 3 is 2.13 bits per heavy atom. The van der Waals surface area contributed by atoms with Crippen molar-refractivity contribution < 1.29 is 4.74 Å². The van der Waals surface area contributed by atoms with E-state index in [9.17, 15) is 0 Å². The molecule has 3 aliphatic rings. The molecule has 6 rings (SSSR count). The molecule has 0 saturated heterocycles. The van der Waals surface area contributed by atoms with Crippen molar-refractivity contribution in [2.45, 2.75) is 92.1 Å². The molecule has 1 saturated carbocycles. The zero-order valence-electron chi connectivity index (χ0n) is 20.8. The average Bonchev–Trinajstić information content (AvgIpc) is 3.44. The Kier molecular flexibility index (Phi) is 7.14. The second kappa shape index (κ2) is 9.47. The molecule has 0 radical (unpaired) electrons. The van der Waals surface area contributed by atoms with Gasteiger partial charge in [0.05, 0.1) is 0 Å². The van der Waals surface area contributed by atoms with Gasteiger partial charge in [0.2, 0.25) is 0 Å². The fourth-order valence-electron chi connectivity index (χ4n) is 5.52. The zero-order valence-corrected chi connectivity index (χ0v) is 20.8. The standard InChI is InChI=1S/C24H22O.3C2H6/c1-24(2)12-11-19-20-15-7-8-16(13-15)21(20)22-17-6-4-3-5-14(17)9-10-18(22)23(19)25-24;3*1-2/h3-6,9-12,15-16H,7-8,13H2,1-2H3;3*1-2H3. The Balaban J connectivity index is 0.000000421. The second-order valence-electron chi connectivity index (χ2n) is 8.53. The highest BCUT2D eigenvalue weighted by Gasteiger charge is 2.42. The molecule has 0 spiro atoms. The topological polar surface area (TPSA) is 9.23 Å². The van der Waals surface area contributed by atoms with Gasteiger partial charge in [0, 0.05) is 10.9 Å². The molecule has 3 aromatic rings. The summed E-state index contributed by atoms with van der Waals surface area (Å²) >= 11 is 0. The summed E-state index contributed by atoms with van der Waals surface area (Å²) in [5, 5.41) is 5.50. The van der Waals surface area contributed by atoms with Gasteiger partial charge < -0.3 is 4.74 Å². The Morgan fingerprint density at radius 1 is 0.774 bits per heavy atom. The minimum absolute atomic E-state index is 0.239. The van der Waals surface area contributed by atoms with Crippen molar-refractivity contribution in [2.75, 3.05) is 0 Å². The highest BCUT2D eigenvalue weighted by atomic mass is 16.5. The predicted molar refractivity (Wildman–Crippen MR) is 139 cm³/mol. The molecule has 2 atom stereocenters. The third-order valence-corrected chi connectivity index (χ3v) is 6.53. The molecule has 2 bridgehead atoms. The predicted octanol–water partition coefficient (Wildman–Crippen LogP) is 9.62. The number of ether oxygens (including phenoxy) is 1. The molecule has 0 N–H and O–H groups in total. The lowest BCUT2D eigenvalue weighted by Crippen LogP contribution is -2.28. The molecule has 31 heavy (non-hydrogen) atoms. The SMILES string of the molecule is CC.CC.CC.CC1(C)C=Cc2c3c(c4c(ccc5ccccc54)c2O1)C1CCC3C1. The van der Waals surface area contributed by atoms with Crippen LogP contribution in [0.5, 0.6) is 5.75 Å². The van der Waals surface area contributed by atoms with Gasteiger partial charge in [-0.2, -0.15) is 0 Å². The molecular formula is C30H40O. The van der Waals surface area contributed by atoms with Gasteiger partial charge in [-0.25, -0.2) is 0 Å². The van der Waals surface area contributed by atoms with E-state index in [-0.39, 0.29) is 5.60 Å². The van der Waals surface area contributed by atoms with Crippen LogP contribution in [0.1, 0.15) is 103 Å². The van der Waals surface area contributed by atoms with Crippen LogP contribution >= 0.6 is 0 Å². The van der Waals surface area contributed by atoms with Crippen molar-refractivity contribution in [1.29, 1.82) is 0 Å². The quantitative estimate of drug-likeness (QED) is 0.331. The zero-order chi connectivity index (χ0) is 22.8. The van der Waals surface area contributed by atoms with E-state index >= 15 is 0 Å². The van der Waals surface area contributed by atoms with Gasteiger partial charge >= 0.3 is 0 Å². The molecule has 2 aliphatic carbocycles. The van der Waals surface area contributed by atoms with Gasteiger partial charge in [0.1, 0.15) is 11.4 Å². The molecule has 1 nitrogen and oxygen atoms in total. The van der Waals surface area contributed by atoms with Crippen LogP contribution in [0.4, 0.5) is 0 Å². The van der Waals surface area contributed by atoms with E-state index in [1.165, 1.54) is 46.4 Å². The van der Waals surface area contributed by atoms with Gasteiger partial charge in [-0.3, -0.25) is 0 Å². The van der Waals surface area contributed by atoms with Crippen LogP contribution in [0.2, 0.25) is 0 Å². The van der Waals surface area contributed by atoms with Crippen LogP contribution in [0.25, 0.3) is 27.6 Å². The summed E-state index contributed by atoms with van der Waals surface area (Å²) < 4.78 is 6.53. The third kappa shape index (κ3) is 3.77. The molecule has 1 fully saturated rings. The summed E-state index contributed by atoms with van der Waals surface area (Å²) in [5.41, 5.74) is 4.36. The van der Waals surface area contributed by atoms with Crippen molar-refractivity contribution in [3.05, 3.63) is 59.2 Å². The van der Waals surface area contributed by atoms with Crippen molar-refractivity contribution in [1.82, 2.24) is 0 Å². The molecule has 1 heterocycles. The first-order valence-corrected chi connectivity index (χ1v) is 12.5. The molecular weight excluding hydrogens is 376 g/mol. The highest BCUT2D eigenvalue weighted by molar-refractivity contribution is 6.13. The summed E-state index contributed by atoms with van der Waals surface area (Å²) in [6, 6.07) is 13.4. The van der Waals surface area contributed by atoms with Gasteiger partial charge in [-0.1, -0.05) is 78.0 Å². The lowest BCUT2D eigenvalue weighted by Gasteiger charge is -2.32. The van der Waals surface area contributed by atoms with Crippen molar-refractivity contribution in [2.24, 2.45) is 0 Å². The van der Waals surface area contributed by atoms with Crippen molar-refractivity contribution >= 4 is 27.6 Å². The fourth-order valence-corrected chi connectivity index (χ4v) is 5.52. The number of rotatable bonds is 0. The maximum Gasteiger partial charge on any atom is 0.135 e. The molecule has 3 aromatic carbocycles. The smallest absolute Gasteiger partial charge is 0.135 e. The number of benzene rings is 3. The maximum atomic E-state index is 6.53. The summed E-state index contributed by atoms with van der Waals surface area (Å²) in [5.74, 6) is 2.58. The van der Waals surface area contributed by atoms with Crippen LogP contribution in [-0.2, 0) is 0 Å². The van der Waals surface area contributed by atoms with Crippen LogP contribution in [-0.4, -0.2) is 5.60 Å². The fraction of sp³-hybridized carbons (Fsp3) is 0.467. The van der Waals surface area contributed by atoms with Gasteiger partial charge in [0.25, 0.3) is 0 Å². The minimum atomic E-state index is -0.239. The molecule has 0 amide bonds. The Bertz CT molecular complexity index is 1090. The Morgan fingerprint density at radius 2 is 1.42 bits per heavy atom. The summed E-state index contributed by atoms with van der Waals surface area (Å²) in [7, 11) is 0. The second-order valence-corrected chi connectivity index (χ2v) is 8.53. The van der Waals surface area contributed by atoms with Gasteiger partial charge in [-0.05, 0) is 84.4 Å². The molecule has 166 valence electrons. The van der Waals surface area contributed by atoms with Gasteiger partial charge in [-0.15, -0.1) is 0 Å². The van der Waals surface area contributed by atoms with E-state index in [1.54, 1.807) is 11.1 Å². The third-order valence-electron chi connectivity index (χ3n) is 6.53. The first-order valence-electron chi connectivity index (χ1n) is 12.5. The monoisotopic (exact) mass is 416 g/mol. The first-order chi connectivity index (χ1) is 15.1. The van der Waals surface area contributed by atoms with E-state index in [2.05, 4.69) is 62.4 Å². The summed E-state index contributed by atoms with van der Waals surface area (Å²) in [6.07, 6.45) is 8.60. The normalized spacial score (nSPS) is 20.9. The lowest BCUT2D eigenvalue weighted by atomic mass is 9.81. The highest BCUT2D eigenvalue weighted by Crippen LogP contribution is 2.60. The average molecular weight is 417 g/mol. The van der Waals surface area contributed by atoms with Crippen LogP contribution < -0.4 is 4.74 Å². The Hall–Kier alpha value is -2.28.